The first-order valence-corrected chi connectivity index (χ1v) is 12.7. The molecule has 0 unspecified atom stereocenters. The number of pyridine rings is 1. The fourth-order valence-electron chi connectivity index (χ4n) is 5.17. The number of fused-ring (bicyclic) bond motifs is 3. The molecule has 40 heavy (non-hydrogen) atoms. The van der Waals surface area contributed by atoms with E-state index in [9.17, 15) is 9.59 Å². The lowest BCUT2D eigenvalue weighted by Crippen LogP contribution is -2.24. The van der Waals surface area contributed by atoms with Crippen LogP contribution in [0.2, 0.25) is 0 Å². The fraction of sp³-hybridized carbons (Fsp3) is 0.100. The number of benzene rings is 3. The molecule has 7 aromatic rings. The first kappa shape index (κ1) is 23.6. The summed E-state index contributed by atoms with van der Waals surface area (Å²) in [5.41, 5.74) is 6.01. The number of nitrogens with one attached hydrogen (secondary N) is 1. The summed E-state index contributed by atoms with van der Waals surface area (Å²) in [4.78, 5) is 45.0. The van der Waals surface area contributed by atoms with Crippen molar-refractivity contribution in [3.8, 4) is 22.8 Å². The number of rotatable bonds is 4. The van der Waals surface area contributed by atoms with Gasteiger partial charge in [0.1, 0.15) is 0 Å². The number of amides is 1. The Morgan fingerprint density at radius 1 is 0.875 bits per heavy atom. The Morgan fingerprint density at radius 2 is 1.68 bits per heavy atom. The second kappa shape index (κ2) is 8.77. The Bertz CT molecular complexity index is 2160. The van der Waals surface area contributed by atoms with Crippen LogP contribution in [0.4, 0.5) is 0 Å². The maximum atomic E-state index is 13.5. The number of imidazole rings is 3. The predicted molar refractivity (Wildman–Crippen MR) is 154 cm³/mol. The molecule has 0 aliphatic rings. The number of carbonyl (C=O) groups excluding carboxylic acids is 1. The van der Waals surface area contributed by atoms with E-state index < -0.39 is 0 Å². The number of hydrogen-bond acceptors (Lipinski definition) is 5. The summed E-state index contributed by atoms with van der Waals surface area (Å²) in [7, 11) is 5.35. The van der Waals surface area contributed by atoms with E-state index in [1.165, 1.54) is 4.90 Å². The topological polar surface area (TPSA) is 107 Å². The second-order valence-electron chi connectivity index (χ2n) is 9.87. The van der Waals surface area contributed by atoms with Gasteiger partial charge in [-0.2, -0.15) is 4.68 Å². The molecule has 4 aromatic heterocycles. The van der Waals surface area contributed by atoms with Gasteiger partial charge in [0, 0.05) is 37.7 Å². The maximum absolute atomic E-state index is 13.5. The van der Waals surface area contributed by atoms with E-state index in [2.05, 4.69) is 9.97 Å². The molecule has 0 bridgehead atoms. The fourth-order valence-corrected chi connectivity index (χ4v) is 5.17. The number of para-hydroxylation sites is 3. The maximum Gasteiger partial charge on any atom is 0.345 e. The third-order valence-electron chi connectivity index (χ3n) is 7.09. The lowest BCUT2D eigenvalue weighted by atomic mass is 10.1. The summed E-state index contributed by atoms with van der Waals surface area (Å²) in [5.74, 6) is 0.411. The second-order valence-corrected chi connectivity index (χ2v) is 9.87. The van der Waals surface area contributed by atoms with E-state index in [1.54, 1.807) is 43.4 Å². The van der Waals surface area contributed by atoms with Gasteiger partial charge in [0.15, 0.2) is 5.82 Å². The number of H-pyrrole nitrogens is 1. The van der Waals surface area contributed by atoms with Crippen LogP contribution < -0.4 is 5.69 Å². The first-order valence-electron chi connectivity index (χ1n) is 12.7. The molecule has 4 heterocycles. The molecule has 10 heteroatoms. The normalized spacial score (nSPS) is 11.6. The van der Waals surface area contributed by atoms with Gasteiger partial charge in [-0.05, 0) is 42.5 Å². The minimum absolute atomic E-state index is 0.130. The molecule has 0 saturated carbocycles. The highest BCUT2D eigenvalue weighted by Gasteiger charge is 2.22. The van der Waals surface area contributed by atoms with Crippen LogP contribution in [0, 0.1) is 0 Å². The molecule has 196 valence electrons. The monoisotopic (exact) mass is 528 g/mol. The average molecular weight is 529 g/mol. The van der Waals surface area contributed by atoms with Crippen LogP contribution in [-0.4, -0.2) is 58.8 Å². The van der Waals surface area contributed by atoms with E-state index in [-0.39, 0.29) is 11.6 Å². The van der Waals surface area contributed by atoms with Crippen LogP contribution in [0.15, 0.2) is 90.1 Å². The van der Waals surface area contributed by atoms with Crippen LogP contribution in [0.1, 0.15) is 10.4 Å². The zero-order valence-corrected chi connectivity index (χ0v) is 22.0. The summed E-state index contributed by atoms with van der Waals surface area (Å²) in [6, 6.07) is 22.7. The Hall–Kier alpha value is -5.51. The first-order chi connectivity index (χ1) is 19.4. The van der Waals surface area contributed by atoms with Crippen LogP contribution in [0.25, 0.3) is 55.7 Å². The third-order valence-corrected chi connectivity index (χ3v) is 7.09. The van der Waals surface area contributed by atoms with Gasteiger partial charge in [-0.15, -0.1) is 0 Å². The van der Waals surface area contributed by atoms with Gasteiger partial charge in [-0.3, -0.25) is 4.79 Å². The van der Waals surface area contributed by atoms with Gasteiger partial charge in [0.05, 0.1) is 51.5 Å². The van der Waals surface area contributed by atoms with Crippen molar-refractivity contribution in [3.63, 3.8) is 0 Å². The molecular formula is C30H24N8O2. The molecule has 7 rings (SSSR count). The van der Waals surface area contributed by atoms with E-state index in [1.807, 2.05) is 77.0 Å². The van der Waals surface area contributed by atoms with Crippen LogP contribution in [0.3, 0.4) is 0 Å². The smallest absolute Gasteiger partial charge is 0.345 e. The van der Waals surface area contributed by atoms with Crippen molar-refractivity contribution in [2.24, 2.45) is 7.05 Å². The highest BCUT2D eigenvalue weighted by molar-refractivity contribution is 6.00. The SMILES string of the molecule is CN(C)C(=O)c1ccc2c(c1)nc(-c1cc(-c3cncn3C)nc3ccccc13)n2-n1c(=O)[nH]c2ccccc21. The van der Waals surface area contributed by atoms with Crippen molar-refractivity contribution in [3.05, 3.63) is 101 Å². The van der Waals surface area contributed by atoms with Gasteiger partial charge in [-0.25, -0.2) is 24.4 Å². The molecular weight excluding hydrogens is 504 g/mol. The number of hydrogen-bond donors (Lipinski definition) is 1. The Balaban J connectivity index is 1.61. The van der Waals surface area contributed by atoms with E-state index in [0.29, 0.717) is 33.5 Å². The van der Waals surface area contributed by atoms with Crippen molar-refractivity contribution in [1.29, 1.82) is 0 Å². The molecule has 10 nitrogen and oxygen atoms in total. The highest BCUT2D eigenvalue weighted by atomic mass is 16.2. The average Bonchev–Trinajstić information content (AvgIpc) is 3.65. The number of aromatic nitrogens is 7. The minimum atomic E-state index is -0.305. The Kier molecular flexibility index (Phi) is 5.17. The van der Waals surface area contributed by atoms with Crippen LogP contribution in [0.5, 0.6) is 0 Å². The highest BCUT2D eigenvalue weighted by Crippen LogP contribution is 2.34. The lowest BCUT2D eigenvalue weighted by molar-refractivity contribution is 0.0827. The number of carbonyl (C=O) groups is 1. The molecule has 0 aliphatic heterocycles. The molecule has 1 N–H and O–H groups in total. The quantitative estimate of drug-likeness (QED) is 0.367. The Labute approximate surface area is 227 Å². The van der Waals surface area contributed by atoms with Crippen molar-refractivity contribution >= 4 is 38.9 Å². The standard InChI is InChI=1S/C30H24N8O2/c1-35(2)29(39)18-12-13-26-23(14-18)33-28(37(26)38-25-11-7-6-10-22(25)34-30(38)40)20-15-24(27-16-31-17-36(27)3)32-21-9-5-4-8-19(20)21/h4-17H,1-3H3,(H,34,40). The number of aromatic amines is 1. The molecule has 1 amide bonds. The summed E-state index contributed by atoms with van der Waals surface area (Å²) < 4.78 is 5.31. The van der Waals surface area contributed by atoms with Crippen molar-refractivity contribution in [1.82, 2.24) is 38.8 Å². The molecule has 0 aliphatic carbocycles. The zero-order chi connectivity index (χ0) is 27.5. The number of nitrogens with zero attached hydrogens (tertiary/aromatic N) is 7. The zero-order valence-electron chi connectivity index (χ0n) is 22.0. The van der Waals surface area contributed by atoms with E-state index in [0.717, 1.165) is 27.9 Å². The van der Waals surface area contributed by atoms with Crippen molar-refractivity contribution < 1.29 is 4.79 Å². The summed E-state index contributed by atoms with van der Waals surface area (Å²) in [5, 5.41) is 0.877. The summed E-state index contributed by atoms with van der Waals surface area (Å²) in [6.07, 6.45) is 3.50. The number of aryl methyl sites for hydroxylation is 1. The largest absolute Gasteiger partial charge is 0.345 e. The van der Waals surface area contributed by atoms with Gasteiger partial charge in [0.2, 0.25) is 0 Å². The van der Waals surface area contributed by atoms with Crippen LogP contribution >= 0.6 is 0 Å². The van der Waals surface area contributed by atoms with Gasteiger partial charge >= 0.3 is 5.69 Å². The lowest BCUT2D eigenvalue weighted by Gasteiger charge is -2.14. The minimum Gasteiger partial charge on any atom is -0.345 e. The summed E-state index contributed by atoms with van der Waals surface area (Å²) in [6.45, 7) is 0. The third kappa shape index (κ3) is 3.53. The van der Waals surface area contributed by atoms with Gasteiger partial charge < -0.3 is 14.5 Å². The molecule has 0 atom stereocenters. The van der Waals surface area contributed by atoms with Crippen LogP contribution in [-0.2, 0) is 7.05 Å². The molecule has 0 radical (unpaired) electrons. The molecule has 0 fully saturated rings. The predicted octanol–water partition coefficient (Wildman–Crippen LogP) is 4.31. The van der Waals surface area contributed by atoms with E-state index >= 15 is 0 Å². The van der Waals surface area contributed by atoms with Gasteiger partial charge in [0.25, 0.3) is 5.91 Å². The van der Waals surface area contributed by atoms with Gasteiger partial charge in [-0.1, -0.05) is 30.3 Å². The van der Waals surface area contributed by atoms with E-state index in [4.69, 9.17) is 9.97 Å². The Morgan fingerprint density at radius 3 is 2.48 bits per heavy atom. The molecule has 0 saturated heterocycles. The summed E-state index contributed by atoms with van der Waals surface area (Å²) >= 11 is 0. The molecule has 0 spiro atoms. The van der Waals surface area contributed by atoms with Crippen molar-refractivity contribution in [2.75, 3.05) is 14.1 Å². The van der Waals surface area contributed by atoms with Crippen molar-refractivity contribution in [2.45, 2.75) is 0 Å². The molecule has 3 aromatic carbocycles.